The lowest BCUT2D eigenvalue weighted by Gasteiger charge is -2.30. The maximum Gasteiger partial charge on any atom is 0.416 e. The molecule has 1 aromatic rings. The number of nitriles is 1. The van der Waals surface area contributed by atoms with Gasteiger partial charge in [0, 0.05) is 12.6 Å². The number of hydrogen-bond donors (Lipinski definition) is 1. The normalized spacial score (nSPS) is 12.6. The lowest BCUT2D eigenvalue weighted by Crippen LogP contribution is -2.35. The van der Waals surface area contributed by atoms with Crippen LogP contribution in [0, 0.1) is 11.3 Å². The molecule has 0 aliphatic carbocycles. The molecule has 1 aromatic carbocycles. The molecular formula is C14H15F3N2O2. The molecule has 21 heavy (non-hydrogen) atoms. The highest BCUT2D eigenvalue weighted by molar-refractivity contribution is 5.69. The molecule has 0 aliphatic heterocycles. The molecule has 0 spiro atoms. The lowest BCUT2D eigenvalue weighted by molar-refractivity contribution is -0.138. The van der Waals surface area contributed by atoms with Crippen LogP contribution in [-0.2, 0) is 11.0 Å². The summed E-state index contributed by atoms with van der Waals surface area (Å²) in [6.07, 6.45) is -4.69. The first-order valence-corrected chi connectivity index (χ1v) is 6.30. The van der Waals surface area contributed by atoms with Crippen molar-refractivity contribution in [3.05, 3.63) is 29.3 Å². The Labute approximate surface area is 120 Å². The van der Waals surface area contributed by atoms with Crippen molar-refractivity contribution < 1.29 is 23.1 Å². The molecule has 0 heterocycles. The molecule has 0 bridgehead atoms. The highest BCUT2D eigenvalue weighted by atomic mass is 19.4. The van der Waals surface area contributed by atoms with Gasteiger partial charge in [-0.05, 0) is 32.0 Å². The fraction of sp³-hybridized carbons (Fsp3) is 0.429. The predicted molar refractivity (Wildman–Crippen MR) is 70.9 cm³/mol. The molecule has 0 aromatic heterocycles. The molecule has 1 atom stereocenters. The number of alkyl halides is 3. The van der Waals surface area contributed by atoms with Gasteiger partial charge < -0.3 is 10.0 Å². The van der Waals surface area contributed by atoms with Crippen LogP contribution in [0.25, 0.3) is 0 Å². The average molecular weight is 300 g/mol. The van der Waals surface area contributed by atoms with Gasteiger partial charge in [-0.25, -0.2) is 0 Å². The third-order valence-electron chi connectivity index (χ3n) is 3.10. The highest BCUT2D eigenvalue weighted by Crippen LogP contribution is 2.33. The standard InChI is InChI=1S/C14H15F3N2O2/c1-3-19(9(2)6-13(20)21)12-5-4-11(14(15,16)17)7-10(12)8-18/h4-5,7,9H,3,6H2,1-2H3,(H,20,21). The number of carbonyl (C=O) groups is 1. The maximum absolute atomic E-state index is 12.6. The Hall–Kier alpha value is -2.23. The van der Waals surface area contributed by atoms with Crippen molar-refractivity contribution in [3.8, 4) is 6.07 Å². The Morgan fingerprint density at radius 1 is 1.48 bits per heavy atom. The first-order valence-electron chi connectivity index (χ1n) is 6.30. The van der Waals surface area contributed by atoms with E-state index in [1.54, 1.807) is 24.8 Å². The van der Waals surface area contributed by atoms with Crippen LogP contribution in [-0.4, -0.2) is 23.7 Å². The van der Waals surface area contributed by atoms with Gasteiger partial charge in [-0.3, -0.25) is 4.79 Å². The molecule has 0 amide bonds. The second kappa shape index (κ2) is 6.48. The van der Waals surface area contributed by atoms with Gasteiger partial charge >= 0.3 is 12.1 Å². The second-order valence-corrected chi connectivity index (χ2v) is 4.57. The number of halogens is 3. The zero-order valence-corrected chi connectivity index (χ0v) is 11.6. The van der Waals surface area contributed by atoms with Crippen LogP contribution in [0.15, 0.2) is 18.2 Å². The van der Waals surface area contributed by atoms with E-state index in [-0.39, 0.29) is 12.0 Å². The summed E-state index contributed by atoms with van der Waals surface area (Å²) in [7, 11) is 0. The minimum absolute atomic E-state index is 0.121. The molecule has 7 heteroatoms. The fourth-order valence-corrected chi connectivity index (χ4v) is 2.13. The van der Waals surface area contributed by atoms with E-state index in [4.69, 9.17) is 10.4 Å². The van der Waals surface area contributed by atoms with Gasteiger partial charge in [-0.1, -0.05) is 0 Å². The molecule has 0 aliphatic rings. The van der Waals surface area contributed by atoms with Gasteiger partial charge in [0.2, 0.25) is 0 Å². The summed E-state index contributed by atoms with van der Waals surface area (Å²) in [6.45, 7) is 3.78. The minimum atomic E-state index is -4.52. The Kier molecular flexibility index (Phi) is 5.19. The van der Waals surface area contributed by atoms with E-state index >= 15 is 0 Å². The van der Waals surface area contributed by atoms with E-state index in [9.17, 15) is 18.0 Å². The van der Waals surface area contributed by atoms with Crippen LogP contribution in [0.1, 0.15) is 31.4 Å². The van der Waals surface area contributed by atoms with E-state index in [0.29, 0.717) is 12.2 Å². The van der Waals surface area contributed by atoms with E-state index in [0.717, 1.165) is 12.1 Å². The molecule has 1 N–H and O–H groups in total. The largest absolute Gasteiger partial charge is 0.481 e. The smallest absolute Gasteiger partial charge is 0.416 e. The first kappa shape index (κ1) is 16.8. The molecular weight excluding hydrogens is 285 g/mol. The molecule has 1 unspecified atom stereocenters. The van der Waals surface area contributed by atoms with Gasteiger partial charge in [-0.15, -0.1) is 0 Å². The quantitative estimate of drug-likeness (QED) is 0.906. The summed E-state index contributed by atoms with van der Waals surface area (Å²) in [5.41, 5.74) is -0.713. The summed E-state index contributed by atoms with van der Waals surface area (Å²) in [6, 6.07) is 4.20. The molecule has 114 valence electrons. The molecule has 1 rings (SSSR count). The van der Waals surface area contributed by atoms with Crippen LogP contribution in [0.3, 0.4) is 0 Å². The van der Waals surface area contributed by atoms with Crippen molar-refractivity contribution in [2.75, 3.05) is 11.4 Å². The molecule has 4 nitrogen and oxygen atoms in total. The number of rotatable bonds is 5. The Morgan fingerprint density at radius 3 is 2.52 bits per heavy atom. The van der Waals surface area contributed by atoms with Crippen molar-refractivity contribution in [3.63, 3.8) is 0 Å². The first-order chi connectivity index (χ1) is 9.70. The summed E-state index contributed by atoms with van der Waals surface area (Å²) >= 11 is 0. The van der Waals surface area contributed by atoms with Crippen LogP contribution in [0.4, 0.5) is 18.9 Å². The Balaban J connectivity index is 3.22. The van der Waals surface area contributed by atoms with Gasteiger partial charge in [0.05, 0.1) is 23.2 Å². The fourth-order valence-electron chi connectivity index (χ4n) is 2.13. The number of nitrogens with zero attached hydrogens (tertiary/aromatic N) is 2. The SMILES string of the molecule is CCN(c1ccc(C(F)(F)F)cc1C#N)C(C)CC(=O)O. The summed E-state index contributed by atoms with van der Waals surface area (Å²) in [5.74, 6) is -1.01. The molecule has 0 radical (unpaired) electrons. The van der Waals surface area contributed by atoms with E-state index < -0.39 is 23.8 Å². The minimum Gasteiger partial charge on any atom is -0.481 e. The number of carboxylic acid groups (broad SMARTS) is 1. The number of aliphatic carboxylic acids is 1. The molecule has 0 saturated heterocycles. The maximum atomic E-state index is 12.6. The van der Waals surface area contributed by atoms with Crippen molar-refractivity contribution in [1.29, 1.82) is 5.26 Å². The predicted octanol–water partition coefficient (Wildman–Crippen LogP) is 3.27. The molecule has 0 fully saturated rings. The van der Waals surface area contributed by atoms with E-state index in [1.165, 1.54) is 6.07 Å². The van der Waals surface area contributed by atoms with Crippen LogP contribution >= 0.6 is 0 Å². The second-order valence-electron chi connectivity index (χ2n) is 4.57. The highest BCUT2D eigenvalue weighted by Gasteiger charge is 2.31. The van der Waals surface area contributed by atoms with Gasteiger partial charge in [0.15, 0.2) is 0 Å². The van der Waals surface area contributed by atoms with E-state index in [2.05, 4.69) is 0 Å². The van der Waals surface area contributed by atoms with Crippen molar-refractivity contribution in [2.24, 2.45) is 0 Å². The zero-order chi connectivity index (χ0) is 16.2. The van der Waals surface area contributed by atoms with Crippen molar-refractivity contribution in [1.82, 2.24) is 0 Å². The van der Waals surface area contributed by atoms with E-state index in [1.807, 2.05) is 0 Å². The van der Waals surface area contributed by atoms with Gasteiger partial charge in [0.25, 0.3) is 0 Å². The third kappa shape index (κ3) is 4.12. The third-order valence-corrected chi connectivity index (χ3v) is 3.10. The van der Waals surface area contributed by atoms with Crippen LogP contribution < -0.4 is 4.90 Å². The van der Waals surface area contributed by atoms with Crippen LogP contribution in [0.2, 0.25) is 0 Å². The summed E-state index contributed by atoms with van der Waals surface area (Å²) < 4.78 is 37.9. The van der Waals surface area contributed by atoms with Gasteiger partial charge in [0.1, 0.15) is 6.07 Å². The lowest BCUT2D eigenvalue weighted by atomic mass is 10.1. The monoisotopic (exact) mass is 300 g/mol. The average Bonchev–Trinajstić information content (AvgIpc) is 2.37. The van der Waals surface area contributed by atoms with Gasteiger partial charge in [-0.2, -0.15) is 18.4 Å². The zero-order valence-electron chi connectivity index (χ0n) is 11.6. The Bertz CT molecular complexity index is 564. The number of carboxylic acids is 1. The summed E-state index contributed by atoms with van der Waals surface area (Å²) in [5, 5.41) is 17.9. The Morgan fingerprint density at radius 2 is 2.10 bits per heavy atom. The van der Waals surface area contributed by atoms with Crippen molar-refractivity contribution in [2.45, 2.75) is 32.5 Å². The number of hydrogen-bond acceptors (Lipinski definition) is 3. The number of benzene rings is 1. The topological polar surface area (TPSA) is 64.3 Å². The van der Waals surface area contributed by atoms with Crippen molar-refractivity contribution >= 4 is 11.7 Å². The van der Waals surface area contributed by atoms with Crippen LogP contribution in [0.5, 0.6) is 0 Å². The molecule has 0 saturated carbocycles. The summed E-state index contributed by atoms with van der Waals surface area (Å²) in [4.78, 5) is 12.4. The number of anilines is 1.